The largest absolute Gasteiger partial charge is 0.495 e. The predicted molar refractivity (Wildman–Crippen MR) is 64.4 cm³/mol. The molecular weight excluding hydrogens is 292 g/mol. The van der Waals surface area contributed by atoms with Gasteiger partial charge in [0.15, 0.2) is 6.29 Å². The molecule has 0 saturated heterocycles. The van der Waals surface area contributed by atoms with Gasteiger partial charge in [-0.15, -0.1) is 0 Å². The van der Waals surface area contributed by atoms with Crippen molar-refractivity contribution in [2.45, 2.75) is 6.29 Å². The van der Waals surface area contributed by atoms with Crippen molar-refractivity contribution >= 4 is 21.9 Å². The number of halogens is 1. The maximum Gasteiger partial charge on any atom is 0.340 e. The molecule has 0 atom stereocenters. The van der Waals surface area contributed by atoms with Gasteiger partial charge in [0.2, 0.25) is 0 Å². The van der Waals surface area contributed by atoms with E-state index in [1.807, 2.05) is 0 Å². The molecule has 0 heterocycles. The van der Waals surface area contributed by atoms with Gasteiger partial charge in [-0.1, -0.05) is 0 Å². The number of hydrogen-bond acceptors (Lipinski definition) is 4. The number of aromatic carboxylic acids is 1. The van der Waals surface area contributed by atoms with E-state index >= 15 is 0 Å². The third kappa shape index (κ3) is 2.77. The first-order chi connectivity index (χ1) is 8.06. The van der Waals surface area contributed by atoms with Gasteiger partial charge >= 0.3 is 5.97 Å². The Labute approximate surface area is 107 Å². The van der Waals surface area contributed by atoms with Crippen LogP contribution in [0.3, 0.4) is 0 Å². The fourth-order valence-electron chi connectivity index (χ4n) is 1.53. The summed E-state index contributed by atoms with van der Waals surface area (Å²) in [5, 5.41) is 9.14. The van der Waals surface area contributed by atoms with Gasteiger partial charge < -0.3 is 19.3 Å². The fraction of sp³-hybridized carbons (Fsp3) is 0.364. The van der Waals surface area contributed by atoms with Crippen molar-refractivity contribution in [1.29, 1.82) is 0 Å². The zero-order valence-electron chi connectivity index (χ0n) is 9.69. The zero-order chi connectivity index (χ0) is 13.0. The summed E-state index contributed by atoms with van der Waals surface area (Å²) >= 11 is 3.17. The Kier molecular flexibility index (Phi) is 4.92. The quantitative estimate of drug-likeness (QED) is 0.847. The molecule has 1 aromatic carbocycles. The number of carboxylic acid groups (broad SMARTS) is 1. The van der Waals surface area contributed by atoms with Gasteiger partial charge in [0, 0.05) is 18.7 Å². The van der Waals surface area contributed by atoms with E-state index in [0.29, 0.717) is 10.0 Å². The van der Waals surface area contributed by atoms with E-state index in [2.05, 4.69) is 15.9 Å². The van der Waals surface area contributed by atoms with Gasteiger partial charge in [-0.2, -0.15) is 0 Å². The van der Waals surface area contributed by atoms with Crippen LogP contribution in [0, 0.1) is 0 Å². The van der Waals surface area contributed by atoms with Crippen LogP contribution in [-0.4, -0.2) is 32.4 Å². The number of carboxylic acids is 1. The zero-order valence-corrected chi connectivity index (χ0v) is 11.3. The Balaban J connectivity index is 3.42. The van der Waals surface area contributed by atoms with Crippen molar-refractivity contribution in [3.8, 4) is 5.75 Å². The number of carbonyl (C=O) groups is 1. The predicted octanol–water partition coefficient (Wildman–Crippen LogP) is 2.45. The molecule has 0 aliphatic heterocycles. The van der Waals surface area contributed by atoms with Gasteiger partial charge in [0.05, 0.1) is 12.7 Å². The molecule has 0 saturated carbocycles. The molecule has 0 bridgehead atoms. The topological polar surface area (TPSA) is 65.0 Å². The van der Waals surface area contributed by atoms with Crippen molar-refractivity contribution in [1.82, 2.24) is 0 Å². The fourth-order valence-corrected chi connectivity index (χ4v) is 2.01. The third-order valence-electron chi connectivity index (χ3n) is 2.24. The Bertz CT molecular complexity index is 415. The second-order valence-electron chi connectivity index (χ2n) is 3.15. The highest BCUT2D eigenvalue weighted by Gasteiger charge is 2.23. The number of hydrogen-bond donors (Lipinski definition) is 1. The smallest absolute Gasteiger partial charge is 0.340 e. The summed E-state index contributed by atoms with van der Waals surface area (Å²) in [6, 6.07) is 3.30. The van der Waals surface area contributed by atoms with Crippen molar-refractivity contribution in [2.75, 3.05) is 21.3 Å². The van der Waals surface area contributed by atoms with Gasteiger partial charge in [0.1, 0.15) is 11.3 Å². The Morgan fingerprint density at radius 3 is 2.29 bits per heavy atom. The molecule has 94 valence electrons. The molecule has 0 spiro atoms. The van der Waals surface area contributed by atoms with E-state index in [-0.39, 0.29) is 11.3 Å². The second-order valence-corrected chi connectivity index (χ2v) is 4.01. The van der Waals surface area contributed by atoms with E-state index < -0.39 is 12.3 Å². The molecular formula is C11H13BrO5. The minimum Gasteiger partial charge on any atom is -0.495 e. The van der Waals surface area contributed by atoms with Crippen LogP contribution in [0.5, 0.6) is 5.75 Å². The summed E-state index contributed by atoms with van der Waals surface area (Å²) in [6.45, 7) is 0. The highest BCUT2D eigenvalue weighted by atomic mass is 79.9. The van der Waals surface area contributed by atoms with Crippen molar-refractivity contribution in [3.63, 3.8) is 0 Å². The van der Waals surface area contributed by atoms with Crippen LogP contribution in [0.25, 0.3) is 0 Å². The molecule has 1 aromatic rings. The second kappa shape index (κ2) is 6.00. The van der Waals surface area contributed by atoms with E-state index in [1.54, 1.807) is 12.1 Å². The van der Waals surface area contributed by atoms with Crippen LogP contribution in [0.1, 0.15) is 22.2 Å². The Hall–Kier alpha value is -1.11. The Morgan fingerprint density at radius 2 is 1.88 bits per heavy atom. The summed E-state index contributed by atoms with van der Waals surface area (Å²) in [4.78, 5) is 11.2. The lowest BCUT2D eigenvalue weighted by Gasteiger charge is -2.18. The number of ether oxygens (including phenoxy) is 3. The van der Waals surface area contributed by atoms with Crippen LogP contribution in [0.15, 0.2) is 16.6 Å². The monoisotopic (exact) mass is 304 g/mol. The van der Waals surface area contributed by atoms with Crippen LogP contribution in [-0.2, 0) is 9.47 Å². The van der Waals surface area contributed by atoms with Crippen LogP contribution in [0.4, 0.5) is 0 Å². The van der Waals surface area contributed by atoms with Gasteiger partial charge in [-0.05, 0) is 28.1 Å². The van der Waals surface area contributed by atoms with Gasteiger partial charge in [0.25, 0.3) is 0 Å². The van der Waals surface area contributed by atoms with Gasteiger partial charge in [-0.3, -0.25) is 0 Å². The summed E-state index contributed by atoms with van der Waals surface area (Å²) in [7, 11) is 4.34. The lowest BCUT2D eigenvalue weighted by Crippen LogP contribution is -2.10. The molecule has 0 aliphatic carbocycles. The van der Waals surface area contributed by atoms with Gasteiger partial charge in [-0.25, -0.2) is 4.79 Å². The lowest BCUT2D eigenvalue weighted by atomic mass is 10.1. The molecule has 17 heavy (non-hydrogen) atoms. The first kappa shape index (κ1) is 14.0. The molecule has 0 aromatic heterocycles. The molecule has 0 fully saturated rings. The van der Waals surface area contributed by atoms with E-state index in [9.17, 15) is 4.79 Å². The van der Waals surface area contributed by atoms with Crippen LogP contribution < -0.4 is 4.74 Å². The highest BCUT2D eigenvalue weighted by Crippen LogP contribution is 2.35. The minimum absolute atomic E-state index is 0.0455. The maximum absolute atomic E-state index is 11.2. The summed E-state index contributed by atoms with van der Waals surface area (Å²) in [5.41, 5.74) is 0.571. The van der Waals surface area contributed by atoms with E-state index in [4.69, 9.17) is 19.3 Å². The SMILES string of the molecule is COc1c(C(OC)OC)ccc(Br)c1C(=O)O. The molecule has 5 nitrogen and oxygen atoms in total. The summed E-state index contributed by atoms with van der Waals surface area (Å²) in [6.07, 6.45) is -0.670. The average Bonchev–Trinajstić information content (AvgIpc) is 2.31. The van der Waals surface area contributed by atoms with Crippen LogP contribution >= 0.6 is 15.9 Å². The average molecular weight is 305 g/mol. The first-order valence-electron chi connectivity index (χ1n) is 4.72. The highest BCUT2D eigenvalue weighted by molar-refractivity contribution is 9.10. The molecule has 0 radical (unpaired) electrons. The normalized spacial score (nSPS) is 10.6. The summed E-state index contributed by atoms with van der Waals surface area (Å²) in [5.74, 6) is -0.859. The number of rotatable bonds is 5. The molecule has 0 amide bonds. The molecule has 0 unspecified atom stereocenters. The van der Waals surface area contributed by atoms with E-state index in [1.165, 1.54) is 21.3 Å². The Morgan fingerprint density at radius 1 is 1.29 bits per heavy atom. The third-order valence-corrected chi connectivity index (χ3v) is 2.90. The lowest BCUT2D eigenvalue weighted by molar-refractivity contribution is -0.107. The molecule has 6 heteroatoms. The van der Waals surface area contributed by atoms with Crippen LogP contribution in [0.2, 0.25) is 0 Å². The number of benzene rings is 1. The molecule has 0 aliphatic rings. The summed E-state index contributed by atoms with van der Waals surface area (Å²) < 4.78 is 15.8. The molecule has 1 N–H and O–H groups in total. The van der Waals surface area contributed by atoms with Crippen molar-refractivity contribution in [2.24, 2.45) is 0 Å². The van der Waals surface area contributed by atoms with Crippen molar-refractivity contribution in [3.05, 3.63) is 27.7 Å². The first-order valence-corrected chi connectivity index (χ1v) is 5.51. The number of methoxy groups -OCH3 is 3. The maximum atomic E-state index is 11.2. The van der Waals surface area contributed by atoms with E-state index in [0.717, 1.165) is 0 Å². The standard InChI is InChI=1S/C11H13BrO5/c1-15-9-6(11(16-2)17-3)4-5-7(12)8(9)10(13)14/h4-5,11H,1-3H3,(H,13,14). The minimum atomic E-state index is -1.08. The van der Waals surface area contributed by atoms with Crippen molar-refractivity contribution < 1.29 is 24.1 Å². The molecule has 1 rings (SSSR count).